The van der Waals surface area contributed by atoms with Gasteiger partial charge in [-0.05, 0) is 60.0 Å². The standard InChI is InChI=1S/C30H30O7S/c1-2-11-34-13-14-35-12-3-4-23(38)15-20-5-8-24(27(16-20)36-19-31)30-25-9-6-21(32)17-28(25)37-29-18-22(33)7-10-26(29)30/h5-10,16-19,32H,2-4,11-15H2,1H3. The third-order valence-electron chi connectivity index (χ3n) is 6.03. The Morgan fingerprint density at radius 2 is 1.76 bits per heavy atom. The number of thiocarbonyl (C=S) groups is 1. The van der Waals surface area contributed by atoms with Gasteiger partial charge in [0.15, 0.2) is 5.43 Å². The molecule has 0 bridgehead atoms. The Hall–Kier alpha value is -3.59. The Bertz CT molecular complexity index is 1440. The first-order valence-electron chi connectivity index (χ1n) is 12.6. The Kier molecular flexibility index (Phi) is 9.59. The molecule has 0 spiro atoms. The number of ether oxygens (including phenoxy) is 3. The summed E-state index contributed by atoms with van der Waals surface area (Å²) in [6, 6.07) is 15.0. The first-order chi connectivity index (χ1) is 18.5. The van der Waals surface area contributed by atoms with Crippen molar-refractivity contribution in [2.75, 3.05) is 26.4 Å². The van der Waals surface area contributed by atoms with Gasteiger partial charge in [-0.2, -0.15) is 0 Å². The number of fused-ring (bicyclic) bond motifs is 2. The van der Waals surface area contributed by atoms with Crippen molar-refractivity contribution in [2.45, 2.75) is 32.6 Å². The number of carbonyl (C=O) groups excluding carboxylic acids is 1. The molecule has 7 nitrogen and oxygen atoms in total. The molecule has 4 rings (SSSR count). The van der Waals surface area contributed by atoms with Crippen molar-refractivity contribution in [3.8, 4) is 33.9 Å². The van der Waals surface area contributed by atoms with Gasteiger partial charge >= 0.3 is 0 Å². The molecule has 38 heavy (non-hydrogen) atoms. The number of phenolic OH excluding ortho intramolecular Hbond substituents is 1. The molecule has 0 saturated carbocycles. The van der Waals surface area contributed by atoms with Crippen LogP contribution in [0.25, 0.3) is 33.4 Å². The highest BCUT2D eigenvalue weighted by atomic mass is 32.1. The summed E-state index contributed by atoms with van der Waals surface area (Å²) < 4.78 is 22.3. The van der Waals surface area contributed by atoms with Crippen molar-refractivity contribution in [3.63, 3.8) is 0 Å². The van der Waals surface area contributed by atoms with Crippen molar-refractivity contribution in [1.29, 1.82) is 0 Å². The molecular weight excluding hydrogens is 504 g/mol. The number of hydrogen-bond acceptors (Lipinski definition) is 8. The molecule has 0 fully saturated rings. The highest BCUT2D eigenvalue weighted by Crippen LogP contribution is 2.44. The van der Waals surface area contributed by atoms with Gasteiger partial charge in [0, 0.05) is 53.8 Å². The molecule has 198 valence electrons. The van der Waals surface area contributed by atoms with E-state index >= 15 is 0 Å². The van der Waals surface area contributed by atoms with E-state index in [1.165, 1.54) is 18.2 Å². The van der Waals surface area contributed by atoms with Crippen LogP contribution in [-0.4, -0.2) is 42.9 Å². The van der Waals surface area contributed by atoms with Gasteiger partial charge in [-0.25, -0.2) is 0 Å². The predicted molar refractivity (Wildman–Crippen MR) is 150 cm³/mol. The van der Waals surface area contributed by atoms with Gasteiger partial charge in [0.2, 0.25) is 0 Å². The van der Waals surface area contributed by atoms with Crippen LogP contribution in [0.15, 0.2) is 63.8 Å². The normalized spacial score (nSPS) is 11.2. The largest absolute Gasteiger partial charge is 0.508 e. The van der Waals surface area contributed by atoms with Crippen LogP contribution in [0.2, 0.25) is 0 Å². The molecule has 2 aromatic carbocycles. The summed E-state index contributed by atoms with van der Waals surface area (Å²) in [6.45, 7) is 5.01. The number of rotatable bonds is 14. The maximum atomic E-state index is 12.0. The van der Waals surface area contributed by atoms with Crippen LogP contribution in [-0.2, 0) is 20.7 Å². The van der Waals surface area contributed by atoms with Crippen LogP contribution < -0.4 is 10.2 Å². The molecule has 1 N–H and O–H groups in total. The SMILES string of the molecule is CCCOCCOCCCC(=S)Cc1ccc(-c2c3ccc(=O)cc-3oc3cc(O)ccc23)c(OC=O)c1. The average Bonchev–Trinajstić information content (AvgIpc) is 2.89. The molecule has 0 saturated heterocycles. The van der Waals surface area contributed by atoms with Gasteiger partial charge in [0.1, 0.15) is 22.8 Å². The molecule has 0 aromatic heterocycles. The van der Waals surface area contributed by atoms with E-state index in [9.17, 15) is 14.7 Å². The molecule has 0 radical (unpaired) electrons. The maximum absolute atomic E-state index is 12.0. The molecule has 0 atom stereocenters. The lowest BCUT2D eigenvalue weighted by atomic mass is 9.92. The number of benzene rings is 3. The van der Waals surface area contributed by atoms with Crippen molar-refractivity contribution in [2.24, 2.45) is 0 Å². The smallest absolute Gasteiger partial charge is 0.298 e. The first kappa shape index (κ1) is 27.4. The Morgan fingerprint density at radius 3 is 2.55 bits per heavy atom. The third-order valence-corrected chi connectivity index (χ3v) is 6.38. The summed E-state index contributed by atoms with van der Waals surface area (Å²) >= 11 is 5.60. The molecule has 0 unspecified atom stereocenters. The van der Waals surface area contributed by atoms with E-state index in [2.05, 4.69) is 6.92 Å². The predicted octanol–water partition coefficient (Wildman–Crippen LogP) is 5.94. The quantitative estimate of drug-likeness (QED) is 0.0919. The summed E-state index contributed by atoms with van der Waals surface area (Å²) in [4.78, 5) is 24.3. The fraction of sp³-hybridized carbons (Fsp3) is 0.300. The number of aromatic hydroxyl groups is 1. The van der Waals surface area contributed by atoms with Crippen LogP contribution >= 0.6 is 12.2 Å². The second-order valence-corrected chi connectivity index (χ2v) is 9.48. The fourth-order valence-electron chi connectivity index (χ4n) is 4.34. The highest BCUT2D eigenvalue weighted by Gasteiger charge is 2.21. The van der Waals surface area contributed by atoms with Crippen molar-refractivity contribution < 1.29 is 28.5 Å². The van der Waals surface area contributed by atoms with Crippen LogP contribution in [0.4, 0.5) is 0 Å². The van der Waals surface area contributed by atoms with Crippen molar-refractivity contribution in [1.82, 2.24) is 0 Å². The van der Waals surface area contributed by atoms with E-state index in [0.717, 1.165) is 41.9 Å². The van der Waals surface area contributed by atoms with Crippen LogP contribution in [0, 0.1) is 0 Å². The average molecular weight is 535 g/mol. The minimum Gasteiger partial charge on any atom is -0.508 e. The van der Waals surface area contributed by atoms with Gasteiger partial charge in [-0.15, -0.1) is 0 Å². The number of phenols is 1. The summed E-state index contributed by atoms with van der Waals surface area (Å²) in [6.07, 6.45) is 3.12. The second-order valence-electron chi connectivity index (χ2n) is 8.90. The summed E-state index contributed by atoms with van der Waals surface area (Å²) in [5.41, 5.74) is 3.18. The monoisotopic (exact) mass is 534 g/mol. The van der Waals surface area contributed by atoms with E-state index in [1.807, 2.05) is 18.2 Å². The van der Waals surface area contributed by atoms with Gasteiger partial charge in [-0.1, -0.05) is 31.3 Å². The lowest BCUT2D eigenvalue weighted by Crippen LogP contribution is -2.07. The Labute approximate surface area is 226 Å². The minimum atomic E-state index is -0.199. The zero-order valence-electron chi connectivity index (χ0n) is 21.2. The van der Waals surface area contributed by atoms with Gasteiger partial charge < -0.3 is 23.7 Å². The molecule has 1 heterocycles. The molecule has 2 aliphatic rings. The second kappa shape index (κ2) is 13.3. The number of carbonyl (C=O) groups is 1. The topological polar surface area (TPSA) is 95.2 Å². The van der Waals surface area contributed by atoms with Crippen molar-refractivity contribution in [3.05, 3.63) is 70.4 Å². The maximum Gasteiger partial charge on any atom is 0.298 e. The number of hydrogen-bond donors (Lipinski definition) is 1. The lowest BCUT2D eigenvalue weighted by molar-refractivity contribution is -0.120. The minimum absolute atomic E-state index is 0.0354. The third kappa shape index (κ3) is 6.83. The molecule has 1 aliphatic carbocycles. The van der Waals surface area contributed by atoms with Gasteiger partial charge in [0.25, 0.3) is 6.47 Å². The van der Waals surface area contributed by atoms with Crippen LogP contribution in [0.1, 0.15) is 31.7 Å². The van der Waals surface area contributed by atoms with Crippen LogP contribution in [0.3, 0.4) is 0 Å². The van der Waals surface area contributed by atoms with Crippen molar-refractivity contribution >= 4 is 34.5 Å². The Morgan fingerprint density at radius 1 is 0.974 bits per heavy atom. The molecule has 2 aromatic rings. The van der Waals surface area contributed by atoms with E-state index in [0.29, 0.717) is 66.3 Å². The lowest BCUT2D eigenvalue weighted by Gasteiger charge is -2.17. The van der Waals surface area contributed by atoms with E-state index in [1.54, 1.807) is 18.2 Å². The van der Waals surface area contributed by atoms with E-state index in [4.69, 9.17) is 30.8 Å². The molecule has 0 amide bonds. The fourth-order valence-corrected chi connectivity index (χ4v) is 4.65. The highest BCUT2D eigenvalue weighted by molar-refractivity contribution is 7.80. The zero-order chi connectivity index (χ0) is 26.9. The summed E-state index contributed by atoms with van der Waals surface area (Å²) in [7, 11) is 0. The van der Waals surface area contributed by atoms with Gasteiger partial charge in [-0.3, -0.25) is 9.59 Å². The first-order valence-corrected chi connectivity index (χ1v) is 13.0. The van der Waals surface area contributed by atoms with Gasteiger partial charge in [0.05, 0.1) is 13.2 Å². The Balaban J connectivity index is 1.56. The van der Waals surface area contributed by atoms with E-state index < -0.39 is 0 Å². The summed E-state index contributed by atoms with van der Waals surface area (Å²) in [5.74, 6) is 0.768. The summed E-state index contributed by atoms with van der Waals surface area (Å²) in [5, 5.41) is 10.7. The zero-order valence-corrected chi connectivity index (χ0v) is 22.1. The molecule has 8 heteroatoms. The van der Waals surface area contributed by atoms with E-state index in [-0.39, 0.29) is 11.2 Å². The van der Waals surface area contributed by atoms with Crippen LogP contribution in [0.5, 0.6) is 11.5 Å². The molecule has 1 aliphatic heterocycles. The molecular formula is C30H30O7S.